The molecule has 3 atom stereocenters. The fraction of sp³-hybridized carbons (Fsp3) is 0.500. The van der Waals surface area contributed by atoms with Crippen molar-refractivity contribution in [3.05, 3.63) is 47.1 Å². The molecule has 0 bridgehead atoms. The number of hydrogen-bond donors (Lipinski definition) is 1. The number of rotatable bonds is 3. The molecule has 1 aliphatic heterocycles. The van der Waals surface area contributed by atoms with Gasteiger partial charge in [-0.05, 0) is 45.3 Å². The van der Waals surface area contributed by atoms with Gasteiger partial charge in [-0.15, -0.1) is 0 Å². The van der Waals surface area contributed by atoms with E-state index >= 15 is 0 Å². The molecule has 0 radical (unpaired) electrons. The molecule has 0 saturated carbocycles. The summed E-state index contributed by atoms with van der Waals surface area (Å²) in [6.45, 7) is 9.16. The van der Waals surface area contributed by atoms with Crippen LogP contribution in [0.25, 0.3) is 0 Å². The van der Waals surface area contributed by atoms with Crippen LogP contribution in [0, 0.1) is 5.92 Å². The predicted molar refractivity (Wildman–Crippen MR) is 94.6 cm³/mol. The van der Waals surface area contributed by atoms with Gasteiger partial charge in [0, 0.05) is 17.6 Å². The van der Waals surface area contributed by atoms with Gasteiger partial charge in [0.05, 0.1) is 12.5 Å². The lowest BCUT2D eigenvalue weighted by molar-refractivity contribution is -0.147. The van der Waals surface area contributed by atoms with Crippen LogP contribution >= 0.6 is 0 Å². The molecule has 2 rings (SSSR count). The summed E-state index contributed by atoms with van der Waals surface area (Å²) in [6.07, 6.45) is 6.40. The highest BCUT2D eigenvalue weighted by Crippen LogP contribution is 2.36. The van der Waals surface area contributed by atoms with Crippen LogP contribution in [0.2, 0.25) is 0 Å². The molecule has 1 fully saturated rings. The molecule has 5 nitrogen and oxygen atoms in total. The summed E-state index contributed by atoms with van der Waals surface area (Å²) in [6, 6.07) is 0. The van der Waals surface area contributed by atoms with E-state index in [9.17, 15) is 14.7 Å². The summed E-state index contributed by atoms with van der Waals surface area (Å²) in [5.41, 5.74) is 2.67. The Morgan fingerprint density at radius 3 is 2.88 bits per heavy atom. The van der Waals surface area contributed by atoms with Crippen LogP contribution in [0.4, 0.5) is 0 Å². The number of fused-ring (bicyclic) bond motifs is 1. The third kappa shape index (κ3) is 4.48. The highest BCUT2D eigenvalue weighted by Gasteiger charge is 2.44. The molecule has 1 heterocycles. The van der Waals surface area contributed by atoms with E-state index < -0.39 is 30.1 Å². The first-order valence-corrected chi connectivity index (χ1v) is 8.57. The van der Waals surface area contributed by atoms with Crippen LogP contribution in [0.1, 0.15) is 40.0 Å². The smallest absolute Gasteiger partial charge is 0.334 e. The molecule has 1 saturated heterocycles. The summed E-state index contributed by atoms with van der Waals surface area (Å²) in [5.74, 6) is -1.35. The Hall–Kier alpha value is -2.14. The monoisotopic (exact) mass is 346 g/mol. The van der Waals surface area contributed by atoms with Gasteiger partial charge in [-0.3, -0.25) is 0 Å². The normalized spacial score (nSPS) is 32.0. The number of carbonyl (C=O) groups is 2. The summed E-state index contributed by atoms with van der Waals surface area (Å²) < 4.78 is 11.1. The quantitative estimate of drug-likeness (QED) is 0.483. The van der Waals surface area contributed by atoms with Crippen molar-refractivity contribution in [3.8, 4) is 0 Å². The Labute approximate surface area is 148 Å². The van der Waals surface area contributed by atoms with E-state index in [0.717, 1.165) is 24.0 Å². The Morgan fingerprint density at radius 1 is 1.52 bits per heavy atom. The van der Waals surface area contributed by atoms with Gasteiger partial charge in [0.15, 0.2) is 0 Å². The maximum absolute atomic E-state index is 12.3. The van der Waals surface area contributed by atoms with Crippen molar-refractivity contribution in [3.63, 3.8) is 0 Å². The van der Waals surface area contributed by atoms with Crippen LogP contribution in [-0.4, -0.2) is 35.9 Å². The Bertz CT molecular complexity index is 651. The van der Waals surface area contributed by atoms with Crippen molar-refractivity contribution in [1.29, 1.82) is 0 Å². The fourth-order valence-corrected chi connectivity index (χ4v) is 3.11. The largest absolute Gasteiger partial charge is 0.458 e. The van der Waals surface area contributed by atoms with Gasteiger partial charge in [0.2, 0.25) is 0 Å². The molecule has 1 aliphatic carbocycles. The maximum Gasteiger partial charge on any atom is 0.334 e. The minimum Gasteiger partial charge on any atom is -0.458 e. The van der Waals surface area contributed by atoms with Gasteiger partial charge in [-0.2, -0.15) is 0 Å². The predicted octanol–water partition coefficient (Wildman–Crippen LogP) is 3.01. The molecule has 136 valence electrons. The molecule has 0 spiro atoms. The molecule has 25 heavy (non-hydrogen) atoms. The number of carbonyl (C=O) groups excluding carboxylic acids is 2. The molecule has 5 heteroatoms. The number of esters is 2. The lowest BCUT2D eigenvalue weighted by Gasteiger charge is -2.27. The second kappa shape index (κ2) is 8.30. The van der Waals surface area contributed by atoms with Gasteiger partial charge >= 0.3 is 11.9 Å². The molecule has 0 aromatic rings. The second-order valence-corrected chi connectivity index (χ2v) is 6.61. The van der Waals surface area contributed by atoms with Gasteiger partial charge in [-0.1, -0.05) is 24.3 Å². The highest BCUT2D eigenvalue weighted by atomic mass is 16.6. The van der Waals surface area contributed by atoms with E-state index in [1.54, 1.807) is 19.9 Å². The summed E-state index contributed by atoms with van der Waals surface area (Å²) in [5, 5.41) is 9.65. The second-order valence-electron chi connectivity index (χ2n) is 6.61. The van der Waals surface area contributed by atoms with Crippen LogP contribution in [-0.2, 0) is 19.1 Å². The molecule has 1 unspecified atom stereocenters. The van der Waals surface area contributed by atoms with Crippen molar-refractivity contribution in [2.45, 2.75) is 52.2 Å². The first-order valence-electron chi connectivity index (χ1n) is 8.57. The summed E-state index contributed by atoms with van der Waals surface area (Å²) in [4.78, 5) is 24.3. The average Bonchev–Trinajstić information content (AvgIpc) is 2.85. The van der Waals surface area contributed by atoms with Crippen molar-refractivity contribution < 1.29 is 24.2 Å². The van der Waals surface area contributed by atoms with Gasteiger partial charge in [0.1, 0.15) is 12.2 Å². The standard InChI is InChI=1S/C20H26O5/c1-5-13(3)19(22)24-17-10-15(11-21)8-6-7-12(2)9-16-18(17)14(4)20(23)25-16/h5,8-9,16-18,21H,4,6-7,10-11H2,1-3H3/b12-9+,13-5-,15-8-/t16-,17-,18?/m1/s1. The van der Waals surface area contributed by atoms with Crippen LogP contribution in [0.3, 0.4) is 0 Å². The molecular formula is C20H26O5. The highest BCUT2D eigenvalue weighted by molar-refractivity contribution is 5.92. The van der Waals surface area contributed by atoms with E-state index in [4.69, 9.17) is 9.47 Å². The minimum absolute atomic E-state index is 0.113. The van der Waals surface area contributed by atoms with Crippen molar-refractivity contribution >= 4 is 11.9 Å². The first-order chi connectivity index (χ1) is 11.9. The first kappa shape index (κ1) is 19.2. The van der Waals surface area contributed by atoms with Crippen molar-refractivity contribution in [2.75, 3.05) is 6.61 Å². The maximum atomic E-state index is 12.3. The molecule has 1 N–H and O–H groups in total. The zero-order valence-electron chi connectivity index (χ0n) is 15.1. The topological polar surface area (TPSA) is 72.8 Å². The minimum atomic E-state index is -0.619. The van der Waals surface area contributed by atoms with Gasteiger partial charge in [-0.25, -0.2) is 9.59 Å². The van der Waals surface area contributed by atoms with Crippen LogP contribution in [0.15, 0.2) is 47.1 Å². The van der Waals surface area contributed by atoms with Gasteiger partial charge < -0.3 is 14.6 Å². The number of hydrogen-bond acceptors (Lipinski definition) is 5. The number of aliphatic hydroxyl groups is 1. The zero-order chi connectivity index (χ0) is 18.6. The number of ether oxygens (including phenoxy) is 2. The fourth-order valence-electron chi connectivity index (χ4n) is 3.11. The van der Waals surface area contributed by atoms with Crippen LogP contribution in [0.5, 0.6) is 0 Å². The number of allylic oxidation sites excluding steroid dienone is 3. The van der Waals surface area contributed by atoms with E-state index in [1.807, 2.05) is 19.1 Å². The molecular weight excluding hydrogens is 320 g/mol. The van der Waals surface area contributed by atoms with Crippen LogP contribution < -0.4 is 0 Å². The molecule has 0 amide bonds. The van der Waals surface area contributed by atoms with E-state index in [0.29, 0.717) is 17.6 Å². The summed E-state index contributed by atoms with van der Waals surface area (Å²) >= 11 is 0. The lowest BCUT2D eigenvalue weighted by atomic mass is 9.85. The van der Waals surface area contributed by atoms with E-state index in [1.165, 1.54) is 0 Å². The zero-order valence-corrected chi connectivity index (χ0v) is 15.1. The SMILES string of the molecule is C=C1C(=O)O[C@@H]2/C=C(\C)CC/C=C(\CO)C[C@@H](OC(=O)/C(C)=C\C)C12. The molecule has 0 aromatic heterocycles. The Balaban J connectivity index is 2.41. The van der Waals surface area contributed by atoms with Crippen molar-refractivity contribution in [2.24, 2.45) is 5.92 Å². The summed E-state index contributed by atoms with van der Waals surface area (Å²) in [7, 11) is 0. The Morgan fingerprint density at radius 2 is 2.24 bits per heavy atom. The van der Waals surface area contributed by atoms with Gasteiger partial charge in [0.25, 0.3) is 0 Å². The third-order valence-corrected chi connectivity index (χ3v) is 4.76. The number of aliphatic hydroxyl groups excluding tert-OH is 1. The van der Waals surface area contributed by atoms with E-state index in [2.05, 4.69) is 6.58 Å². The lowest BCUT2D eigenvalue weighted by Crippen LogP contribution is -2.34. The van der Waals surface area contributed by atoms with E-state index in [-0.39, 0.29) is 6.61 Å². The third-order valence-electron chi connectivity index (χ3n) is 4.76. The average molecular weight is 346 g/mol. The Kier molecular flexibility index (Phi) is 6.37. The van der Waals surface area contributed by atoms with Crippen molar-refractivity contribution in [1.82, 2.24) is 0 Å². The molecule has 0 aromatic carbocycles. The molecule has 2 aliphatic rings.